The Labute approximate surface area is 167 Å². The number of carbonyl (C=O) groups is 1. The van der Waals surface area contributed by atoms with Crippen molar-refractivity contribution in [3.05, 3.63) is 101 Å². The topological polar surface area (TPSA) is 51.2 Å². The Morgan fingerprint density at radius 3 is 2.29 bits per heavy atom. The molecule has 0 saturated carbocycles. The number of hydrogen-bond donors (Lipinski definition) is 1. The standard InChI is InChI=1S/C23H18N2O2S/c26-23(19-8-12-22(13-9-19)27-14-21-15-28-16-24-21)25-20-10-6-18(7-11-20)17-4-2-1-3-5-17/h1-13,15-16H,14H2,(H,25,26). The van der Waals surface area contributed by atoms with Crippen molar-refractivity contribution in [2.75, 3.05) is 5.32 Å². The van der Waals surface area contributed by atoms with Gasteiger partial charge in [-0.3, -0.25) is 4.79 Å². The molecule has 1 amide bonds. The van der Waals surface area contributed by atoms with Crippen LogP contribution in [0.2, 0.25) is 0 Å². The average molecular weight is 386 g/mol. The quantitative estimate of drug-likeness (QED) is 0.466. The summed E-state index contributed by atoms with van der Waals surface area (Å²) in [5.41, 5.74) is 6.26. The van der Waals surface area contributed by atoms with Gasteiger partial charge in [0.1, 0.15) is 12.4 Å². The van der Waals surface area contributed by atoms with Gasteiger partial charge in [-0.15, -0.1) is 11.3 Å². The fourth-order valence-electron chi connectivity index (χ4n) is 2.75. The largest absolute Gasteiger partial charge is 0.487 e. The van der Waals surface area contributed by atoms with Gasteiger partial charge in [0.05, 0.1) is 11.2 Å². The summed E-state index contributed by atoms with van der Waals surface area (Å²) in [5, 5.41) is 4.87. The number of amides is 1. The van der Waals surface area contributed by atoms with Gasteiger partial charge >= 0.3 is 0 Å². The van der Waals surface area contributed by atoms with Gasteiger partial charge in [0.15, 0.2) is 0 Å². The van der Waals surface area contributed by atoms with Gasteiger partial charge in [0.2, 0.25) is 0 Å². The molecule has 0 fully saturated rings. The number of nitrogens with one attached hydrogen (secondary N) is 1. The Balaban J connectivity index is 1.36. The van der Waals surface area contributed by atoms with Crippen LogP contribution in [0.15, 0.2) is 89.8 Å². The van der Waals surface area contributed by atoms with Crippen molar-refractivity contribution in [3.63, 3.8) is 0 Å². The fraction of sp³-hybridized carbons (Fsp3) is 0.0435. The van der Waals surface area contributed by atoms with Gasteiger partial charge in [-0.2, -0.15) is 0 Å². The van der Waals surface area contributed by atoms with Crippen LogP contribution < -0.4 is 10.1 Å². The third kappa shape index (κ3) is 4.45. The fourth-order valence-corrected chi connectivity index (χ4v) is 3.29. The smallest absolute Gasteiger partial charge is 0.255 e. The molecular weight excluding hydrogens is 368 g/mol. The first-order chi connectivity index (χ1) is 13.8. The van der Waals surface area contributed by atoms with Crippen LogP contribution in [0, 0.1) is 0 Å². The zero-order chi connectivity index (χ0) is 19.2. The zero-order valence-corrected chi connectivity index (χ0v) is 15.9. The second-order valence-corrected chi connectivity index (χ2v) is 6.91. The molecule has 138 valence electrons. The van der Waals surface area contributed by atoms with Crippen LogP contribution in [-0.4, -0.2) is 10.9 Å². The summed E-state index contributed by atoms with van der Waals surface area (Å²) in [6, 6.07) is 25.0. The van der Waals surface area contributed by atoms with Crippen molar-refractivity contribution >= 4 is 22.9 Å². The predicted molar refractivity (Wildman–Crippen MR) is 113 cm³/mol. The molecule has 0 atom stereocenters. The minimum absolute atomic E-state index is 0.154. The van der Waals surface area contributed by atoms with Gasteiger partial charge in [0, 0.05) is 16.6 Å². The molecular formula is C23H18N2O2S. The molecule has 4 aromatic rings. The number of aromatic nitrogens is 1. The van der Waals surface area contributed by atoms with E-state index in [4.69, 9.17) is 4.74 Å². The maximum atomic E-state index is 12.5. The SMILES string of the molecule is O=C(Nc1ccc(-c2ccccc2)cc1)c1ccc(OCc2cscn2)cc1. The molecule has 5 heteroatoms. The minimum atomic E-state index is -0.154. The lowest BCUT2D eigenvalue weighted by Crippen LogP contribution is -2.11. The van der Waals surface area contributed by atoms with E-state index in [1.807, 2.05) is 47.8 Å². The first-order valence-corrected chi connectivity index (χ1v) is 9.79. The van der Waals surface area contributed by atoms with E-state index in [9.17, 15) is 4.79 Å². The highest BCUT2D eigenvalue weighted by Gasteiger charge is 2.07. The lowest BCUT2D eigenvalue weighted by molar-refractivity contribution is 0.102. The average Bonchev–Trinajstić information content (AvgIpc) is 3.27. The van der Waals surface area contributed by atoms with Crippen molar-refractivity contribution in [2.24, 2.45) is 0 Å². The van der Waals surface area contributed by atoms with Gasteiger partial charge in [-0.05, 0) is 47.5 Å². The maximum Gasteiger partial charge on any atom is 0.255 e. The van der Waals surface area contributed by atoms with Crippen molar-refractivity contribution in [2.45, 2.75) is 6.61 Å². The molecule has 0 aliphatic heterocycles. The molecule has 0 radical (unpaired) electrons. The number of anilines is 1. The van der Waals surface area contributed by atoms with Gasteiger partial charge in [-0.25, -0.2) is 4.98 Å². The first kappa shape index (κ1) is 17.9. The van der Waals surface area contributed by atoms with Gasteiger partial charge in [-0.1, -0.05) is 42.5 Å². The van der Waals surface area contributed by atoms with Crippen LogP contribution in [0.5, 0.6) is 5.75 Å². The Hall–Kier alpha value is -3.44. The summed E-state index contributed by atoms with van der Waals surface area (Å²) < 4.78 is 5.67. The van der Waals surface area contributed by atoms with E-state index in [1.54, 1.807) is 29.8 Å². The molecule has 0 spiro atoms. The minimum Gasteiger partial charge on any atom is -0.487 e. The monoisotopic (exact) mass is 386 g/mol. The van der Waals surface area contributed by atoms with Crippen molar-refractivity contribution in [1.82, 2.24) is 4.98 Å². The van der Waals surface area contributed by atoms with E-state index in [0.29, 0.717) is 17.9 Å². The van der Waals surface area contributed by atoms with Crippen molar-refractivity contribution in [1.29, 1.82) is 0 Å². The molecule has 0 aliphatic rings. The summed E-state index contributed by atoms with van der Waals surface area (Å²) in [5.74, 6) is 0.551. The third-order valence-electron chi connectivity index (χ3n) is 4.24. The highest BCUT2D eigenvalue weighted by atomic mass is 32.1. The molecule has 1 aromatic heterocycles. The number of ether oxygens (including phenoxy) is 1. The first-order valence-electron chi connectivity index (χ1n) is 8.85. The van der Waals surface area contributed by atoms with Crippen LogP contribution in [0.1, 0.15) is 16.1 Å². The summed E-state index contributed by atoms with van der Waals surface area (Å²) >= 11 is 1.54. The number of carbonyl (C=O) groups excluding carboxylic acids is 1. The van der Waals surface area contributed by atoms with Crippen LogP contribution in [0.3, 0.4) is 0 Å². The van der Waals surface area contributed by atoms with E-state index >= 15 is 0 Å². The Kier molecular flexibility index (Phi) is 5.45. The van der Waals surface area contributed by atoms with E-state index in [-0.39, 0.29) is 5.91 Å². The normalized spacial score (nSPS) is 10.4. The maximum absolute atomic E-state index is 12.5. The molecule has 3 aromatic carbocycles. The van der Waals surface area contributed by atoms with Crippen LogP contribution in [0.25, 0.3) is 11.1 Å². The Morgan fingerprint density at radius 1 is 0.893 bits per heavy atom. The predicted octanol–water partition coefficient (Wildman–Crippen LogP) is 5.64. The lowest BCUT2D eigenvalue weighted by atomic mass is 10.1. The number of benzene rings is 3. The van der Waals surface area contributed by atoms with Crippen LogP contribution in [-0.2, 0) is 6.61 Å². The van der Waals surface area contributed by atoms with Gasteiger partial charge in [0.25, 0.3) is 5.91 Å². The molecule has 0 unspecified atom stereocenters. The summed E-state index contributed by atoms with van der Waals surface area (Å²) in [7, 11) is 0. The second-order valence-electron chi connectivity index (χ2n) is 6.19. The van der Waals surface area contributed by atoms with E-state index < -0.39 is 0 Å². The number of nitrogens with zero attached hydrogens (tertiary/aromatic N) is 1. The highest BCUT2D eigenvalue weighted by Crippen LogP contribution is 2.21. The van der Waals surface area contributed by atoms with E-state index in [1.165, 1.54) is 11.3 Å². The molecule has 0 saturated heterocycles. The Morgan fingerprint density at radius 2 is 1.61 bits per heavy atom. The summed E-state index contributed by atoms with van der Waals surface area (Å²) in [4.78, 5) is 16.6. The van der Waals surface area contributed by atoms with Gasteiger partial charge < -0.3 is 10.1 Å². The summed E-state index contributed by atoms with van der Waals surface area (Å²) in [6.07, 6.45) is 0. The van der Waals surface area contributed by atoms with E-state index in [0.717, 1.165) is 22.5 Å². The molecule has 1 heterocycles. The lowest BCUT2D eigenvalue weighted by Gasteiger charge is -2.08. The van der Waals surface area contributed by atoms with E-state index in [2.05, 4.69) is 22.4 Å². The molecule has 4 nitrogen and oxygen atoms in total. The highest BCUT2D eigenvalue weighted by molar-refractivity contribution is 7.07. The number of rotatable bonds is 6. The van der Waals surface area contributed by atoms with Crippen molar-refractivity contribution < 1.29 is 9.53 Å². The van der Waals surface area contributed by atoms with Crippen LogP contribution >= 0.6 is 11.3 Å². The van der Waals surface area contributed by atoms with Crippen LogP contribution in [0.4, 0.5) is 5.69 Å². The molecule has 4 rings (SSSR count). The van der Waals surface area contributed by atoms with Crippen molar-refractivity contribution in [3.8, 4) is 16.9 Å². The molecule has 0 aliphatic carbocycles. The zero-order valence-electron chi connectivity index (χ0n) is 15.0. The molecule has 0 bridgehead atoms. The third-order valence-corrected chi connectivity index (χ3v) is 4.87. The number of hydrogen-bond acceptors (Lipinski definition) is 4. The Bertz CT molecular complexity index is 1030. The second kappa shape index (κ2) is 8.50. The summed E-state index contributed by atoms with van der Waals surface area (Å²) in [6.45, 7) is 0.419. The molecule has 1 N–H and O–H groups in total. The molecule has 28 heavy (non-hydrogen) atoms. The number of thiazole rings is 1.